The normalized spacial score (nSPS) is 12.1. The monoisotopic (exact) mass is 400 g/mol. The van der Waals surface area contributed by atoms with Crippen molar-refractivity contribution < 1.29 is 4.74 Å². The molecule has 0 radical (unpaired) electrons. The minimum atomic E-state index is -0.0502. The molecule has 4 rings (SSSR count). The van der Waals surface area contributed by atoms with Crippen molar-refractivity contribution in [3.63, 3.8) is 0 Å². The van der Waals surface area contributed by atoms with Crippen LogP contribution in [0.2, 0.25) is 0 Å². The number of hydrogen-bond donors (Lipinski definition) is 2. The molecule has 1 atom stereocenters. The smallest absolute Gasteiger partial charge is 0.266 e. The molecule has 0 aliphatic heterocycles. The molecule has 2 aromatic carbocycles. The predicted molar refractivity (Wildman–Crippen MR) is 117 cm³/mol. The zero-order valence-electron chi connectivity index (χ0n) is 15.1. The Morgan fingerprint density at radius 3 is 2.56 bits per heavy atom. The summed E-state index contributed by atoms with van der Waals surface area (Å²) >= 11 is 1.46. The second-order valence-corrected chi connectivity index (χ2v) is 7.36. The quantitative estimate of drug-likeness (QED) is 0.511. The average molecular weight is 401 g/mol. The second kappa shape index (κ2) is 7.72. The van der Waals surface area contributed by atoms with Crippen LogP contribution in [0, 0.1) is 0 Å². The summed E-state index contributed by atoms with van der Waals surface area (Å²) in [4.78, 5) is 15.3. The molecule has 0 aliphatic rings. The Morgan fingerprint density at radius 1 is 1.15 bits per heavy atom. The molecule has 1 unspecified atom stereocenters. The number of pyridine rings is 1. The molecule has 2 heterocycles. The predicted octanol–water partition coefficient (Wildman–Crippen LogP) is 4.90. The van der Waals surface area contributed by atoms with Gasteiger partial charge in [-0.15, -0.1) is 23.7 Å². The number of aromatic nitrogens is 1. The third kappa shape index (κ3) is 3.23. The van der Waals surface area contributed by atoms with Gasteiger partial charge in [-0.1, -0.05) is 31.2 Å². The average Bonchev–Trinajstić information content (AvgIpc) is 3.17. The van der Waals surface area contributed by atoms with Crippen LogP contribution in [-0.2, 0) is 0 Å². The van der Waals surface area contributed by atoms with Gasteiger partial charge in [-0.2, -0.15) is 0 Å². The highest BCUT2D eigenvalue weighted by molar-refractivity contribution is 7.17. The van der Waals surface area contributed by atoms with Gasteiger partial charge in [0, 0.05) is 21.9 Å². The van der Waals surface area contributed by atoms with Crippen molar-refractivity contribution >= 4 is 44.7 Å². The number of nitrogens with one attached hydrogen (secondary N) is 1. The van der Waals surface area contributed by atoms with Gasteiger partial charge in [0.15, 0.2) is 0 Å². The van der Waals surface area contributed by atoms with Crippen LogP contribution < -0.4 is 16.0 Å². The Balaban J connectivity index is 0.00000210. The van der Waals surface area contributed by atoms with Gasteiger partial charge in [0.1, 0.15) is 10.4 Å². The van der Waals surface area contributed by atoms with Crippen molar-refractivity contribution in [2.45, 2.75) is 12.8 Å². The maximum absolute atomic E-state index is 12.3. The summed E-state index contributed by atoms with van der Waals surface area (Å²) in [6, 6.07) is 14.2. The standard InChI is InChI=1S/C21H20N2O2S.ClH/c1-12(11-22)13-3-5-14(6-4-13)18-17(25-2)8-7-16-19(18)15-9-10-26-20(15)21(24)23-16;/h3-10,12H,11,22H2,1-2H3,(H,23,24);1H. The molecule has 0 saturated carbocycles. The number of ether oxygens (including phenoxy) is 1. The number of rotatable bonds is 4. The number of aromatic amines is 1. The van der Waals surface area contributed by atoms with E-state index in [9.17, 15) is 4.79 Å². The van der Waals surface area contributed by atoms with Gasteiger partial charge in [-0.3, -0.25) is 4.79 Å². The number of fused-ring (bicyclic) bond motifs is 3. The highest BCUT2D eigenvalue weighted by Gasteiger charge is 2.16. The number of halogens is 1. The Bertz CT molecular complexity index is 1150. The first-order valence-electron chi connectivity index (χ1n) is 8.54. The molecule has 2 aromatic heterocycles. The molecule has 4 nitrogen and oxygen atoms in total. The minimum Gasteiger partial charge on any atom is -0.496 e. The molecule has 0 fully saturated rings. The summed E-state index contributed by atoms with van der Waals surface area (Å²) in [5, 5.41) is 3.93. The first kappa shape index (κ1) is 19.4. The van der Waals surface area contributed by atoms with E-state index in [0.717, 1.165) is 37.9 Å². The fourth-order valence-corrected chi connectivity index (χ4v) is 4.19. The summed E-state index contributed by atoms with van der Waals surface area (Å²) < 4.78 is 6.39. The molecule has 0 spiro atoms. The van der Waals surface area contributed by atoms with Crippen LogP contribution in [0.15, 0.2) is 52.6 Å². The molecule has 3 N–H and O–H groups in total. The lowest BCUT2D eigenvalue weighted by Gasteiger charge is -2.15. The lowest BCUT2D eigenvalue weighted by molar-refractivity contribution is 0.417. The fourth-order valence-electron chi connectivity index (χ4n) is 3.40. The highest BCUT2D eigenvalue weighted by atomic mass is 35.5. The molecular formula is C21H21ClN2O2S. The van der Waals surface area contributed by atoms with Crippen LogP contribution in [0.25, 0.3) is 32.1 Å². The number of thiophene rings is 1. The first-order chi connectivity index (χ1) is 12.6. The SMILES string of the molecule is COc1ccc2[nH]c(=O)c3sccc3c2c1-c1ccc(C(C)CN)cc1.Cl. The largest absolute Gasteiger partial charge is 0.496 e. The number of methoxy groups -OCH3 is 1. The zero-order valence-corrected chi connectivity index (χ0v) is 16.7. The van der Waals surface area contributed by atoms with E-state index in [1.54, 1.807) is 7.11 Å². The highest BCUT2D eigenvalue weighted by Crippen LogP contribution is 2.40. The lowest BCUT2D eigenvalue weighted by atomic mass is 9.94. The van der Waals surface area contributed by atoms with Crippen LogP contribution in [-0.4, -0.2) is 18.6 Å². The minimum absolute atomic E-state index is 0. The number of H-pyrrole nitrogens is 1. The maximum atomic E-state index is 12.3. The third-order valence-electron chi connectivity index (χ3n) is 4.90. The van der Waals surface area contributed by atoms with Gasteiger partial charge >= 0.3 is 0 Å². The lowest BCUT2D eigenvalue weighted by Crippen LogP contribution is -2.08. The van der Waals surface area contributed by atoms with Gasteiger partial charge < -0.3 is 15.5 Å². The Labute approximate surface area is 167 Å². The fraction of sp³-hybridized carbons (Fsp3) is 0.190. The van der Waals surface area contributed by atoms with Crippen molar-refractivity contribution in [1.29, 1.82) is 0 Å². The van der Waals surface area contributed by atoms with Crippen LogP contribution >= 0.6 is 23.7 Å². The third-order valence-corrected chi connectivity index (χ3v) is 5.81. The van der Waals surface area contributed by atoms with Crippen molar-refractivity contribution in [1.82, 2.24) is 4.98 Å². The number of benzene rings is 2. The molecule has 0 bridgehead atoms. The van der Waals surface area contributed by atoms with Crippen LogP contribution in [0.4, 0.5) is 0 Å². The number of nitrogens with two attached hydrogens (primary N) is 1. The van der Waals surface area contributed by atoms with E-state index >= 15 is 0 Å². The van der Waals surface area contributed by atoms with E-state index in [2.05, 4.69) is 36.2 Å². The van der Waals surface area contributed by atoms with Crippen LogP contribution in [0.5, 0.6) is 5.75 Å². The maximum Gasteiger partial charge on any atom is 0.266 e. The topological polar surface area (TPSA) is 68.1 Å². The van der Waals surface area contributed by atoms with E-state index in [0.29, 0.717) is 12.5 Å². The van der Waals surface area contributed by atoms with Crippen LogP contribution in [0.3, 0.4) is 0 Å². The molecule has 4 aromatic rings. The Hall–Kier alpha value is -2.34. The summed E-state index contributed by atoms with van der Waals surface area (Å²) in [7, 11) is 1.67. The molecule has 6 heteroatoms. The Kier molecular flexibility index (Phi) is 5.56. The van der Waals surface area contributed by atoms with Crippen molar-refractivity contribution in [2.75, 3.05) is 13.7 Å². The Morgan fingerprint density at radius 2 is 1.89 bits per heavy atom. The van der Waals surface area contributed by atoms with E-state index in [1.165, 1.54) is 16.9 Å². The van der Waals surface area contributed by atoms with Gasteiger partial charge in [0.05, 0.1) is 7.11 Å². The number of hydrogen-bond acceptors (Lipinski definition) is 4. The molecule has 27 heavy (non-hydrogen) atoms. The molecule has 0 aliphatic carbocycles. The van der Waals surface area contributed by atoms with Gasteiger partial charge in [0.2, 0.25) is 0 Å². The molecular weight excluding hydrogens is 380 g/mol. The van der Waals surface area contributed by atoms with Crippen molar-refractivity contribution in [3.05, 3.63) is 63.8 Å². The van der Waals surface area contributed by atoms with E-state index in [4.69, 9.17) is 10.5 Å². The molecule has 0 saturated heterocycles. The zero-order chi connectivity index (χ0) is 18.3. The first-order valence-corrected chi connectivity index (χ1v) is 9.42. The summed E-state index contributed by atoms with van der Waals surface area (Å²) in [6.07, 6.45) is 0. The molecule has 140 valence electrons. The second-order valence-electron chi connectivity index (χ2n) is 6.44. The van der Waals surface area contributed by atoms with E-state index < -0.39 is 0 Å². The van der Waals surface area contributed by atoms with Gasteiger partial charge in [0.25, 0.3) is 5.56 Å². The van der Waals surface area contributed by atoms with Crippen molar-refractivity contribution in [3.8, 4) is 16.9 Å². The molecule has 0 amide bonds. The van der Waals surface area contributed by atoms with Crippen LogP contribution in [0.1, 0.15) is 18.4 Å². The summed E-state index contributed by atoms with van der Waals surface area (Å²) in [5.74, 6) is 1.11. The summed E-state index contributed by atoms with van der Waals surface area (Å²) in [5.41, 5.74) is 9.82. The van der Waals surface area contributed by atoms with E-state index in [-0.39, 0.29) is 18.0 Å². The van der Waals surface area contributed by atoms with E-state index in [1.807, 2.05) is 23.6 Å². The van der Waals surface area contributed by atoms with Crippen molar-refractivity contribution in [2.24, 2.45) is 5.73 Å². The van der Waals surface area contributed by atoms with Gasteiger partial charge in [-0.25, -0.2) is 0 Å². The summed E-state index contributed by atoms with van der Waals surface area (Å²) in [6.45, 7) is 2.74. The van der Waals surface area contributed by atoms with Gasteiger partial charge in [-0.05, 0) is 47.2 Å².